The molecule has 4 heteroatoms. The van der Waals surface area contributed by atoms with Gasteiger partial charge in [0.25, 0.3) is 0 Å². The number of fused-ring (bicyclic) bond motifs is 5. The molecule has 2 heterocycles. The van der Waals surface area contributed by atoms with Gasteiger partial charge in [-0.1, -0.05) is 78.9 Å². The molecule has 158 valence electrons. The van der Waals surface area contributed by atoms with E-state index in [0.29, 0.717) is 6.61 Å². The summed E-state index contributed by atoms with van der Waals surface area (Å²) in [6.45, 7) is 0.531. The normalized spacial score (nSPS) is 20.9. The molecule has 5 rings (SSSR count). The zero-order valence-corrected chi connectivity index (χ0v) is 17.5. The maximum absolute atomic E-state index is 13.2. The third-order valence-electron chi connectivity index (χ3n) is 6.52. The van der Waals surface area contributed by atoms with Crippen molar-refractivity contribution in [1.82, 2.24) is 4.90 Å². The highest BCUT2D eigenvalue weighted by Gasteiger charge is 2.37. The van der Waals surface area contributed by atoms with Crippen LogP contribution in [0.4, 0.5) is 4.79 Å². The largest absolute Gasteiger partial charge is 0.448 e. The first-order valence-electron chi connectivity index (χ1n) is 11.1. The lowest BCUT2D eigenvalue weighted by molar-refractivity contribution is 0.0955. The van der Waals surface area contributed by atoms with E-state index in [4.69, 9.17) is 9.84 Å². The van der Waals surface area contributed by atoms with Gasteiger partial charge in [-0.2, -0.15) is 0 Å². The molecule has 0 spiro atoms. The number of hydrogen-bond donors (Lipinski definition) is 1. The molecule has 4 nitrogen and oxygen atoms in total. The van der Waals surface area contributed by atoms with Gasteiger partial charge in [0.05, 0.1) is 12.1 Å². The number of unbranched alkanes of at least 4 members (excludes halogenated alkanes) is 1. The van der Waals surface area contributed by atoms with E-state index < -0.39 is 0 Å². The predicted octanol–water partition coefficient (Wildman–Crippen LogP) is 5.20. The quantitative estimate of drug-likeness (QED) is 0.523. The van der Waals surface area contributed by atoms with Crippen LogP contribution in [-0.4, -0.2) is 41.4 Å². The van der Waals surface area contributed by atoms with Crippen molar-refractivity contribution >= 4 is 6.09 Å². The van der Waals surface area contributed by atoms with Crippen LogP contribution in [0.2, 0.25) is 0 Å². The predicted molar refractivity (Wildman–Crippen MR) is 122 cm³/mol. The first-order chi connectivity index (χ1) is 15.3. The number of allylic oxidation sites excluding steroid dienone is 2. The number of nitrogens with zero attached hydrogens (tertiary/aromatic N) is 1. The fourth-order valence-electron chi connectivity index (χ4n) is 5.05. The molecule has 2 atom stereocenters. The maximum Gasteiger partial charge on any atom is 0.411 e. The fourth-order valence-corrected chi connectivity index (χ4v) is 5.05. The molecule has 1 amide bonds. The number of rotatable bonds is 6. The summed E-state index contributed by atoms with van der Waals surface area (Å²) in [5.74, 6) is 0.0593. The lowest BCUT2D eigenvalue weighted by Crippen LogP contribution is -2.41. The smallest absolute Gasteiger partial charge is 0.411 e. The van der Waals surface area contributed by atoms with E-state index in [1.807, 2.05) is 35.3 Å². The minimum atomic E-state index is -0.276. The molecular weight excluding hydrogens is 386 g/mol. The van der Waals surface area contributed by atoms with Gasteiger partial charge in [-0.15, -0.1) is 0 Å². The van der Waals surface area contributed by atoms with E-state index >= 15 is 0 Å². The molecule has 0 saturated carbocycles. The van der Waals surface area contributed by atoms with Crippen LogP contribution in [0.1, 0.15) is 36.3 Å². The third-order valence-corrected chi connectivity index (χ3v) is 6.52. The molecule has 0 fully saturated rings. The molecule has 2 aliphatic heterocycles. The molecule has 2 unspecified atom stereocenters. The van der Waals surface area contributed by atoms with Crippen molar-refractivity contribution in [2.24, 2.45) is 0 Å². The number of aliphatic hydroxyl groups is 1. The Balaban J connectivity index is 1.32. The van der Waals surface area contributed by atoms with Gasteiger partial charge >= 0.3 is 6.09 Å². The molecular formula is C27H27NO3. The average molecular weight is 414 g/mol. The molecule has 2 bridgehead atoms. The molecule has 0 aromatic heterocycles. The summed E-state index contributed by atoms with van der Waals surface area (Å²) < 4.78 is 5.94. The van der Waals surface area contributed by atoms with Crippen molar-refractivity contribution in [3.63, 3.8) is 0 Å². The summed E-state index contributed by atoms with van der Waals surface area (Å²) >= 11 is 0. The number of aliphatic hydroxyl groups excluding tert-OH is 1. The van der Waals surface area contributed by atoms with Crippen molar-refractivity contribution in [2.45, 2.75) is 37.3 Å². The summed E-state index contributed by atoms with van der Waals surface area (Å²) in [6.07, 6.45) is 12.6. The standard InChI is InChI=1S/C27H27NO3/c29-16-8-7-9-19-17-20-10-1-6-15-26(19)28(20)27(30)31-18-25-23-13-4-2-11-21(23)22-12-3-5-14-24(22)25/h1-6,10-15,17,20,25-26,29H,7-9,16,18H2. The van der Waals surface area contributed by atoms with E-state index in [-0.39, 0.29) is 30.7 Å². The lowest BCUT2D eigenvalue weighted by Gasteiger charge is -2.28. The van der Waals surface area contributed by atoms with Gasteiger partial charge in [0.1, 0.15) is 6.61 Å². The van der Waals surface area contributed by atoms with Crippen LogP contribution >= 0.6 is 0 Å². The Morgan fingerprint density at radius 2 is 1.61 bits per heavy atom. The minimum Gasteiger partial charge on any atom is -0.448 e. The van der Waals surface area contributed by atoms with Crippen molar-refractivity contribution in [3.05, 3.63) is 95.6 Å². The Bertz CT molecular complexity index is 1020. The number of hydrogen-bond acceptors (Lipinski definition) is 3. The molecule has 1 N–H and O–H groups in total. The minimum absolute atomic E-state index is 0.0593. The second-order valence-corrected chi connectivity index (χ2v) is 8.34. The molecule has 2 aromatic rings. The molecule has 3 aliphatic rings. The van der Waals surface area contributed by atoms with Crippen LogP contribution in [0, 0.1) is 0 Å². The number of amides is 1. The highest BCUT2D eigenvalue weighted by atomic mass is 16.6. The van der Waals surface area contributed by atoms with E-state index in [1.54, 1.807) is 0 Å². The number of carbonyl (C=O) groups excluding carboxylic acids is 1. The zero-order chi connectivity index (χ0) is 21.2. The summed E-state index contributed by atoms with van der Waals surface area (Å²) in [6, 6.07) is 16.6. The first kappa shape index (κ1) is 19.8. The molecule has 31 heavy (non-hydrogen) atoms. The summed E-state index contributed by atoms with van der Waals surface area (Å²) in [4.78, 5) is 15.1. The van der Waals surface area contributed by atoms with Gasteiger partial charge < -0.3 is 9.84 Å². The van der Waals surface area contributed by atoms with E-state index in [9.17, 15) is 4.79 Å². The monoisotopic (exact) mass is 413 g/mol. The Morgan fingerprint density at radius 1 is 0.935 bits per heavy atom. The number of ether oxygens (including phenoxy) is 1. The van der Waals surface area contributed by atoms with Crippen LogP contribution < -0.4 is 0 Å². The summed E-state index contributed by atoms with van der Waals surface area (Å²) in [5.41, 5.74) is 6.13. The zero-order valence-electron chi connectivity index (χ0n) is 17.5. The van der Waals surface area contributed by atoms with E-state index in [1.165, 1.54) is 27.8 Å². The van der Waals surface area contributed by atoms with Crippen LogP contribution in [0.15, 0.2) is 84.5 Å². The van der Waals surface area contributed by atoms with Crippen LogP contribution in [0.3, 0.4) is 0 Å². The first-order valence-corrected chi connectivity index (χ1v) is 11.1. The van der Waals surface area contributed by atoms with Gasteiger partial charge in [0.15, 0.2) is 0 Å². The van der Waals surface area contributed by atoms with Gasteiger partial charge in [0, 0.05) is 12.5 Å². The lowest BCUT2D eigenvalue weighted by atomic mass is 9.98. The van der Waals surface area contributed by atoms with Crippen molar-refractivity contribution in [1.29, 1.82) is 0 Å². The Labute approximate surface area is 183 Å². The SMILES string of the molecule is O=C(OCC1c2ccccc2-c2ccccc21)N1C2C=CC=CC1C(CCCCO)=C2. The van der Waals surface area contributed by atoms with Crippen molar-refractivity contribution in [3.8, 4) is 11.1 Å². The average Bonchev–Trinajstić information content (AvgIpc) is 3.20. The third kappa shape index (κ3) is 3.61. The molecule has 1 aliphatic carbocycles. The van der Waals surface area contributed by atoms with Crippen molar-refractivity contribution < 1.29 is 14.6 Å². The summed E-state index contributed by atoms with van der Waals surface area (Å²) in [7, 11) is 0. The van der Waals surface area contributed by atoms with Crippen LogP contribution in [0.5, 0.6) is 0 Å². The Kier molecular flexibility index (Phi) is 5.47. The number of carbonyl (C=O) groups is 1. The van der Waals surface area contributed by atoms with Gasteiger partial charge in [0.2, 0.25) is 0 Å². The summed E-state index contributed by atoms with van der Waals surface area (Å²) in [5, 5.41) is 9.10. The van der Waals surface area contributed by atoms with Gasteiger partial charge in [-0.3, -0.25) is 4.90 Å². The fraction of sp³-hybridized carbons (Fsp3) is 0.296. The Morgan fingerprint density at radius 3 is 2.32 bits per heavy atom. The second-order valence-electron chi connectivity index (χ2n) is 8.34. The maximum atomic E-state index is 13.2. The Hall–Kier alpha value is -3.11. The second kappa shape index (κ2) is 8.56. The van der Waals surface area contributed by atoms with Crippen molar-refractivity contribution in [2.75, 3.05) is 13.2 Å². The van der Waals surface area contributed by atoms with Gasteiger partial charge in [-0.05, 0) is 47.1 Å². The van der Waals surface area contributed by atoms with E-state index in [2.05, 4.69) is 48.6 Å². The molecule has 0 radical (unpaired) electrons. The molecule has 2 aromatic carbocycles. The van der Waals surface area contributed by atoms with Gasteiger partial charge in [-0.25, -0.2) is 4.79 Å². The highest BCUT2D eigenvalue weighted by molar-refractivity contribution is 5.79. The molecule has 0 saturated heterocycles. The number of benzene rings is 2. The van der Waals surface area contributed by atoms with Crippen LogP contribution in [0.25, 0.3) is 11.1 Å². The van der Waals surface area contributed by atoms with Crippen LogP contribution in [-0.2, 0) is 4.74 Å². The topological polar surface area (TPSA) is 49.8 Å². The van der Waals surface area contributed by atoms with E-state index in [0.717, 1.165) is 19.3 Å². The highest BCUT2D eigenvalue weighted by Crippen LogP contribution is 2.44.